The molecule has 9 nitrogen and oxygen atoms in total. The summed E-state index contributed by atoms with van der Waals surface area (Å²) in [4.78, 5) is 56.2. The molecule has 0 rings (SSSR count). The molecule has 378 valence electrons. The summed E-state index contributed by atoms with van der Waals surface area (Å²) in [5.41, 5.74) is 0. The summed E-state index contributed by atoms with van der Waals surface area (Å²) in [6.07, 6.45) is 41.7. The highest BCUT2D eigenvalue weighted by Crippen LogP contribution is 2.19. The van der Waals surface area contributed by atoms with Gasteiger partial charge in [0, 0.05) is 52.9 Å². The Bertz CT molecular complexity index is 1060. The monoisotopic (exact) mass is 906 g/mol. The van der Waals surface area contributed by atoms with Gasteiger partial charge >= 0.3 is 11.9 Å². The lowest BCUT2D eigenvalue weighted by Crippen LogP contribution is -2.37. The fourth-order valence-corrected chi connectivity index (χ4v) is 8.49. The van der Waals surface area contributed by atoms with Crippen molar-refractivity contribution in [1.29, 1.82) is 0 Å². The smallest absolute Gasteiger partial charge is 0.306 e. The molecule has 0 heterocycles. The molecule has 0 aromatic heterocycles. The van der Waals surface area contributed by atoms with Gasteiger partial charge in [-0.3, -0.25) is 19.2 Å². The molecule has 0 aromatic carbocycles. The third-order valence-corrected chi connectivity index (χ3v) is 13.0. The number of hydrogen-bond acceptors (Lipinski definition) is 7. The molecule has 0 saturated carbocycles. The third kappa shape index (κ3) is 41.3. The molecule has 0 aliphatic rings. The lowest BCUT2D eigenvalue weighted by Gasteiger charge is -2.24. The summed E-state index contributed by atoms with van der Waals surface area (Å²) in [5, 5.41) is 0. The van der Waals surface area contributed by atoms with Crippen molar-refractivity contribution in [2.45, 2.75) is 278 Å². The summed E-state index contributed by atoms with van der Waals surface area (Å²) < 4.78 is 11.6. The fraction of sp³-hybridized carbons (Fsp3) is 0.927. The molecule has 0 N–H and O–H groups in total. The van der Waals surface area contributed by atoms with Crippen LogP contribution in [0.5, 0.6) is 0 Å². The number of carbonyl (C=O) groups excluding carboxylic acids is 4. The van der Waals surface area contributed by atoms with Gasteiger partial charge in [0.2, 0.25) is 11.8 Å². The maximum absolute atomic E-state index is 12.9. The van der Waals surface area contributed by atoms with Crippen LogP contribution in [0.1, 0.15) is 272 Å². The Morgan fingerprint density at radius 1 is 0.359 bits per heavy atom. The van der Waals surface area contributed by atoms with Crippen LogP contribution in [0.15, 0.2) is 0 Å². The Kier molecular flexibility index (Phi) is 45.7. The molecule has 0 aliphatic carbocycles. The highest BCUT2D eigenvalue weighted by molar-refractivity contribution is 5.77. The van der Waals surface area contributed by atoms with Crippen molar-refractivity contribution in [3.8, 4) is 0 Å². The zero-order valence-electron chi connectivity index (χ0n) is 43.5. The molecule has 0 spiro atoms. The second kappa shape index (κ2) is 47.3. The molecule has 64 heavy (non-hydrogen) atoms. The van der Waals surface area contributed by atoms with Crippen molar-refractivity contribution < 1.29 is 28.7 Å². The van der Waals surface area contributed by atoms with Crippen LogP contribution >= 0.6 is 0 Å². The normalized spacial score (nSPS) is 11.4. The second-order valence-electron chi connectivity index (χ2n) is 19.3. The first kappa shape index (κ1) is 61.8. The lowest BCUT2D eigenvalue weighted by atomic mass is 10.0. The van der Waals surface area contributed by atoms with Crippen LogP contribution in [-0.2, 0) is 28.7 Å². The molecule has 0 saturated heterocycles. The number of hydrogen-bond donors (Lipinski definition) is 0. The zero-order chi connectivity index (χ0) is 47.1. The Morgan fingerprint density at radius 2 is 0.719 bits per heavy atom. The number of likely N-dealkylation sites (N-methyl/N-ethyl adjacent to an activating group) is 2. The van der Waals surface area contributed by atoms with Gasteiger partial charge in [-0.1, -0.05) is 169 Å². The molecular formula is C55H107N3O6. The van der Waals surface area contributed by atoms with Gasteiger partial charge in [-0.15, -0.1) is 0 Å². The van der Waals surface area contributed by atoms with Crippen molar-refractivity contribution in [1.82, 2.24) is 14.7 Å². The number of amides is 2. The number of esters is 2. The zero-order valence-corrected chi connectivity index (χ0v) is 43.5. The van der Waals surface area contributed by atoms with Crippen LogP contribution in [0.3, 0.4) is 0 Å². The molecular weight excluding hydrogens is 799 g/mol. The average Bonchev–Trinajstić information content (AvgIpc) is 3.28. The van der Waals surface area contributed by atoms with Crippen LogP contribution < -0.4 is 0 Å². The molecule has 0 aromatic rings. The van der Waals surface area contributed by atoms with E-state index in [1.54, 1.807) is 9.80 Å². The van der Waals surface area contributed by atoms with Gasteiger partial charge in [0.05, 0.1) is 6.61 Å². The minimum absolute atomic E-state index is 0.00552. The summed E-state index contributed by atoms with van der Waals surface area (Å²) in [5.74, 6) is 0.256. The topological polar surface area (TPSA) is 96.5 Å². The van der Waals surface area contributed by atoms with E-state index in [2.05, 4.69) is 25.7 Å². The number of carbonyl (C=O) groups is 4. The standard InChI is InChI=1S/C55H107N3O6/c1-7-11-14-17-20-29-38-50-63-54(61)43-32-25-21-27-35-45-58(47-37-34-42-53(60)57(6)49-48-56(5)52(59)39-10-4)46-36-28-22-26-33-44-55(62)64-51(40-30-23-18-15-12-8-2)41-31-24-19-16-13-9-3/h51H,7-50H2,1-6H3. The van der Waals surface area contributed by atoms with Crippen LogP contribution in [0.25, 0.3) is 0 Å². The summed E-state index contributed by atoms with van der Waals surface area (Å²) in [6, 6.07) is 0. The van der Waals surface area contributed by atoms with E-state index in [1.165, 1.54) is 109 Å². The van der Waals surface area contributed by atoms with E-state index in [0.29, 0.717) is 45.4 Å². The number of rotatable bonds is 49. The van der Waals surface area contributed by atoms with E-state index >= 15 is 0 Å². The van der Waals surface area contributed by atoms with Gasteiger partial charge in [-0.2, -0.15) is 0 Å². The minimum atomic E-state index is -0.0394. The molecule has 9 heteroatoms. The van der Waals surface area contributed by atoms with Crippen molar-refractivity contribution in [3.63, 3.8) is 0 Å². The minimum Gasteiger partial charge on any atom is -0.466 e. The summed E-state index contributed by atoms with van der Waals surface area (Å²) in [7, 11) is 3.67. The Balaban J connectivity index is 4.68. The molecule has 0 fully saturated rings. The van der Waals surface area contributed by atoms with Crippen molar-refractivity contribution in [3.05, 3.63) is 0 Å². The Hall–Kier alpha value is -2.16. The van der Waals surface area contributed by atoms with E-state index in [0.717, 1.165) is 129 Å². The predicted molar refractivity (Wildman–Crippen MR) is 271 cm³/mol. The highest BCUT2D eigenvalue weighted by Gasteiger charge is 2.16. The van der Waals surface area contributed by atoms with Crippen LogP contribution in [0.4, 0.5) is 0 Å². The number of ether oxygens (including phenoxy) is 2. The molecule has 0 radical (unpaired) electrons. The van der Waals surface area contributed by atoms with E-state index < -0.39 is 0 Å². The van der Waals surface area contributed by atoms with Crippen LogP contribution in [0.2, 0.25) is 0 Å². The predicted octanol–water partition coefficient (Wildman–Crippen LogP) is 14.6. The van der Waals surface area contributed by atoms with Crippen molar-refractivity contribution in [2.75, 3.05) is 53.4 Å². The third-order valence-electron chi connectivity index (χ3n) is 13.0. The first-order chi connectivity index (χ1) is 31.2. The average molecular weight is 906 g/mol. The largest absolute Gasteiger partial charge is 0.466 e. The molecule has 0 bridgehead atoms. The van der Waals surface area contributed by atoms with Gasteiger partial charge in [0.25, 0.3) is 0 Å². The van der Waals surface area contributed by atoms with E-state index in [9.17, 15) is 19.2 Å². The van der Waals surface area contributed by atoms with Gasteiger partial charge in [-0.25, -0.2) is 0 Å². The van der Waals surface area contributed by atoms with Gasteiger partial charge in [0.15, 0.2) is 0 Å². The highest BCUT2D eigenvalue weighted by atomic mass is 16.5. The first-order valence-corrected chi connectivity index (χ1v) is 27.7. The molecule has 0 atom stereocenters. The summed E-state index contributed by atoms with van der Waals surface area (Å²) >= 11 is 0. The van der Waals surface area contributed by atoms with E-state index in [-0.39, 0.29) is 29.9 Å². The quantitative estimate of drug-likeness (QED) is 0.0443. The van der Waals surface area contributed by atoms with Gasteiger partial charge < -0.3 is 24.2 Å². The van der Waals surface area contributed by atoms with Crippen LogP contribution in [-0.4, -0.2) is 98.0 Å². The lowest BCUT2D eigenvalue weighted by molar-refractivity contribution is -0.150. The van der Waals surface area contributed by atoms with Crippen LogP contribution in [0, 0.1) is 0 Å². The van der Waals surface area contributed by atoms with Crippen molar-refractivity contribution in [2.24, 2.45) is 0 Å². The number of unbranched alkanes of at least 4 members (excludes halogenated alkanes) is 25. The first-order valence-electron chi connectivity index (χ1n) is 27.7. The van der Waals surface area contributed by atoms with Gasteiger partial charge in [0.1, 0.15) is 6.10 Å². The Labute approximate surface area is 397 Å². The van der Waals surface area contributed by atoms with E-state index in [4.69, 9.17) is 9.47 Å². The fourth-order valence-electron chi connectivity index (χ4n) is 8.49. The van der Waals surface area contributed by atoms with Crippen molar-refractivity contribution >= 4 is 23.8 Å². The van der Waals surface area contributed by atoms with Gasteiger partial charge in [-0.05, 0) is 96.7 Å². The summed E-state index contributed by atoms with van der Waals surface area (Å²) in [6.45, 7) is 13.6. The maximum Gasteiger partial charge on any atom is 0.306 e. The molecule has 2 amide bonds. The molecule has 0 unspecified atom stereocenters. The van der Waals surface area contributed by atoms with E-state index in [1.807, 2.05) is 21.0 Å². The Morgan fingerprint density at radius 3 is 1.19 bits per heavy atom. The molecule has 0 aliphatic heterocycles. The maximum atomic E-state index is 12.9. The second-order valence-corrected chi connectivity index (χ2v) is 19.3. The number of nitrogens with zero attached hydrogens (tertiary/aromatic N) is 3. The SMILES string of the molecule is CCCCCCCCCOC(=O)CCCCCCCN(CCCCCCCC(=O)OC(CCCCCCCC)CCCCCCCC)CCCCC(=O)N(C)CCN(C)C(=O)CCC.